The van der Waals surface area contributed by atoms with E-state index in [1.807, 2.05) is 0 Å². The van der Waals surface area contributed by atoms with Crippen molar-refractivity contribution in [2.24, 2.45) is 5.92 Å². The summed E-state index contributed by atoms with van der Waals surface area (Å²) in [5, 5.41) is 16.5. The van der Waals surface area contributed by atoms with Gasteiger partial charge < -0.3 is 30.4 Å². The first-order valence-corrected chi connectivity index (χ1v) is 11.5. The van der Waals surface area contributed by atoms with Crippen LogP contribution in [0.1, 0.15) is 25.3 Å². The van der Waals surface area contributed by atoms with Gasteiger partial charge in [0.2, 0.25) is 0 Å². The average Bonchev–Trinajstić information content (AvgIpc) is 3.54. The van der Waals surface area contributed by atoms with Crippen LogP contribution >= 0.6 is 0 Å². The van der Waals surface area contributed by atoms with Gasteiger partial charge in [-0.15, -0.1) is 0 Å². The number of hydrogen-bond donors (Lipinski definition) is 4. The summed E-state index contributed by atoms with van der Waals surface area (Å²) in [6, 6.07) is 1.44. The fourth-order valence-corrected chi connectivity index (χ4v) is 5.05. The SMILES string of the molecule is CNc1cc(F)c(F)c2c1[nH]c1nc(Oc3cnc([C@@H](C)O)nc3)nc(N3CC4NCC[C@@H]4C3)c12. The van der Waals surface area contributed by atoms with Crippen LogP contribution < -0.4 is 20.3 Å². The molecule has 12 heteroatoms. The monoisotopic (exact) mass is 482 g/mol. The number of fused-ring (bicyclic) bond motifs is 4. The molecule has 0 aliphatic carbocycles. The van der Waals surface area contributed by atoms with Crippen molar-refractivity contribution in [2.45, 2.75) is 25.5 Å². The maximum absolute atomic E-state index is 15.1. The molecule has 1 unspecified atom stereocenters. The third-order valence-corrected chi connectivity index (χ3v) is 6.74. The first kappa shape index (κ1) is 21.9. The zero-order valence-corrected chi connectivity index (χ0v) is 19.1. The van der Waals surface area contributed by atoms with Gasteiger partial charge in [-0.3, -0.25) is 0 Å². The van der Waals surface area contributed by atoms with Crippen LogP contribution in [0, 0.1) is 17.6 Å². The van der Waals surface area contributed by atoms with Crippen molar-refractivity contribution in [1.29, 1.82) is 0 Å². The van der Waals surface area contributed by atoms with E-state index in [1.165, 1.54) is 12.4 Å². The number of aromatic amines is 1. The molecule has 5 heterocycles. The van der Waals surface area contributed by atoms with Crippen LogP contribution in [0.5, 0.6) is 11.8 Å². The van der Waals surface area contributed by atoms with E-state index in [0.717, 1.165) is 25.6 Å². The zero-order chi connectivity index (χ0) is 24.3. The molecule has 3 aromatic heterocycles. The molecule has 2 fully saturated rings. The van der Waals surface area contributed by atoms with Gasteiger partial charge in [-0.2, -0.15) is 9.97 Å². The van der Waals surface area contributed by atoms with E-state index in [-0.39, 0.29) is 23.0 Å². The predicted octanol–water partition coefficient (Wildman–Crippen LogP) is 2.86. The first-order valence-electron chi connectivity index (χ1n) is 11.5. The molecule has 2 saturated heterocycles. The molecule has 2 aliphatic heterocycles. The van der Waals surface area contributed by atoms with Crippen molar-refractivity contribution >= 4 is 33.4 Å². The van der Waals surface area contributed by atoms with Crippen molar-refractivity contribution in [2.75, 3.05) is 36.9 Å². The van der Waals surface area contributed by atoms with Gasteiger partial charge in [0.1, 0.15) is 17.6 Å². The Labute approximate surface area is 198 Å². The third-order valence-electron chi connectivity index (χ3n) is 6.74. The van der Waals surface area contributed by atoms with Gasteiger partial charge in [0, 0.05) is 32.2 Å². The number of nitrogens with zero attached hydrogens (tertiary/aromatic N) is 5. The Bertz CT molecular complexity index is 1410. The van der Waals surface area contributed by atoms with Gasteiger partial charge in [0.25, 0.3) is 0 Å². The molecule has 0 amide bonds. The minimum absolute atomic E-state index is 0.0179. The lowest BCUT2D eigenvalue weighted by atomic mass is 10.1. The van der Waals surface area contributed by atoms with E-state index < -0.39 is 17.7 Å². The highest BCUT2D eigenvalue weighted by Crippen LogP contribution is 2.40. The molecule has 1 aromatic carbocycles. The topological polar surface area (TPSA) is 124 Å². The first-order chi connectivity index (χ1) is 16.9. The van der Waals surface area contributed by atoms with Crippen LogP contribution in [0.25, 0.3) is 21.9 Å². The second-order valence-corrected chi connectivity index (χ2v) is 8.97. The lowest BCUT2D eigenvalue weighted by Crippen LogP contribution is -2.30. The molecule has 6 rings (SSSR count). The summed E-state index contributed by atoms with van der Waals surface area (Å²) in [4.78, 5) is 22.5. The predicted molar refractivity (Wildman–Crippen MR) is 126 cm³/mol. The van der Waals surface area contributed by atoms with E-state index >= 15 is 4.39 Å². The zero-order valence-electron chi connectivity index (χ0n) is 19.1. The normalized spacial score (nSPS) is 20.5. The fourth-order valence-electron chi connectivity index (χ4n) is 5.05. The number of rotatable bonds is 5. The molecule has 3 atom stereocenters. The summed E-state index contributed by atoms with van der Waals surface area (Å²) in [7, 11) is 1.64. The highest BCUT2D eigenvalue weighted by atomic mass is 19.2. The van der Waals surface area contributed by atoms with Crippen LogP contribution in [0.3, 0.4) is 0 Å². The number of aromatic nitrogens is 5. The van der Waals surface area contributed by atoms with E-state index in [9.17, 15) is 9.50 Å². The minimum atomic E-state index is -0.955. The van der Waals surface area contributed by atoms with Crippen molar-refractivity contribution in [1.82, 2.24) is 30.2 Å². The number of nitrogens with one attached hydrogen (secondary N) is 3. The Kier molecular flexibility index (Phi) is 5.15. The minimum Gasteiger partial charge on any atom is -0.421 e. The largest absolute Gasteiger partial charge is 0.421 e. The Morgan fingerprint density at radius 3 is 2.71 bits per heavy atom. The average molecular weight is 482 g/mol. The number of aliphatic hydroxyl groups is 1. The molecule has 35 heavy (non-hydrogen) atoms. The molecule has 10 nitrogen and oxygen atoms in total. The summed E-state index contributed by atoms with van der Waals surface area (Å²) >= 11 is 0. The van der Waals surface area contributed by atoms with Gasteiger partial charge in [0.05, 0.1) is 34.4 Å². The second-order valence-electron chi connectivity index (χ2n) is 8.97. The number of anilines is 2. The Balaban J connectivity index is 1.51. The second kappa shape index (κ2) is 8.24. The molecule has 0 spiro atoms. The van der Waals surface area contributed by atoms with Crippen LogP contribution in [-0.4, -0.2) is 62.8 Å². The highest BCUT2D eigenvalue weighted by Gasteiger charge is 2.38. The third kappa shape index (κ3) is 3.60. The Morgan fingerprint density at radius 1 is 1.20 bits per heavy atom. The Morgan fingerprint density at radius 2 is 2.00 bits per heavy atom. The number of ether oxygens (including phenoxy) is 1. The molecule has 0 saturated carbocycles. The number of H-pyrrole nitrogens is 1. The van der Waals surface area contributed by atoms with E-state index in [1.54, 1.807) is 14.0 Å². The van der Waals surface area contributed by atoms with Crippen molar-refractivity contribution < 1.29 is 18.6 Å². The Hall–Kier alpha value is -3.64. The molecule has 4 aromatic rings. The molecule has 0 radical (unpaired) electrons. The molecule has 2 aliphatic rings. The number of benzene rings is 1. The van der Waals surface area contributed by atoms with Gasteiger partial charge >= 0.3 is 6.01 Å². The van der Waals surface area contributed by atoms with Gasteiger partial charge in [-0.05, 0) is 25.8 Å². The van der Waals surface area contributed by atoms with Crippen LogP contribution in [0.15, 0.2) is 18.5 Å². The highest BCUT2D eigenvalue weighted by molar-refractivity contribution is 6.15. The van der Waals surface area contributed by atoms with Crippen molar-refractivity contribution in [3.63, 3.8) is 0 Å². The van der Waals surface area contributed by atoms with Gasteiger partial charge in [0.15, 0.2) is 23.2 Å². The summed E-state index contributed by atoms with van der Waals surface area (Å²) in [5.74, 6) is -0.444. The molecule has 182 valence electrons. The lowest BCUT2D eigenvalue weighted by molar-refractivity contribution is 0.188. The maximum Gasteiger partial charge on any atom is 0.326 e. The standard InChI is InChI=1S/C23H24F2N8O2/c1-10(34)20-28-6-12(7-29-20)35-23-31-21-17(16-18(25)13(24)5-14(26-2)19(16)30-21)22(32-23)33-8-11-3-4-27-15(11)9-33/h5-7,10-11,15,26-27,34H,3-4,8-9H2,1-2H3,(H,30,31,32)/t10-,11-,15?/m1/s1. The number of hydrogen-bond acceptors (Lipinski definition) is 9. The van der Waals surface area contributed by atoms with E-state index in [0.29, 0.717) is 46.6 Å². The molecule has 0 bridgehead atoms. The van der Waals surface area contributed by atoms with Crippen molar-refractivity contribution in [3.8, 4) is 11.8 Å². The summed E-state index contributed by atoms with van der Waals surface area (Å²) in [6.45, 7) is 3.96. The molecular weight excluding hydrogens is 458 g/mol. The van der Waals surface area contributed by atoms with E-state index in [2.05, 4.69) is 40.5 Å². The molecular formula is C23H24F2N8O2. The van der Waals surface area contributed by atoms with Crippen LogP contribution in [0.4, 0.5) is 20.3 Å². The van der Waals surface area contributed by atoms with Gasteiger partial charge in [-0.1, -0.05) is 0 Å². The quantitative estimate of drug-likeness (QED) is 0.340. The van der Waals surface area contributed by atoms with Crippen LogP contribution in [-0.2, 0) is 0 Å². The maximum atomic E-state index is 15.1. The van der Waals surface area contributed by atoms with Gasteiger partial charge in [-0.25, -0.2) is 18.7 Å². The van der Waals surface area contributed by atoms with Crippen molar-refractivity contribution in [3.05, 3.63) is 35.9 Å². The summed E-state index contributed by atoms with van der Waals surface area (Å²) < 4.78 is 35.5. The molecule has 4 N–H and O–H groups in total. The summed E-state index contributed by atoms with van der Waals surface area (Å²) in [5.41, 5.74) is 1.14. The number of halogens is 2. The summed E-state index contributed by atoms with van der Waals surface area (Å²) in [6.07, 6.45) is 3.08. The van der Waals surface area contributed by atoms with Crippen LogP contribution in [0.2, 0.25) is 0 Å². The smallest absolute Gasteiger partial charge is 0.326 e. The number of aliphatic hydroxyl groups excluding tert-OH is 1. The fraction of sp³-hybridized carbons (Fsp3) is 0.391. The van der Waals surface area contributed by atoms with E-state index in [4.69, 9.17) is 4.74 Å². The lowest BCUT2D eigenvalue weighted by Gasteiger charge is -2.20.